The van der Waals surface area contributed by atoms with Crippen molar-refractivity contribution in [3.63, 3.8) is 0 Å². The van der Waals surface area contributed by atoms with Crippen molar-refractivity contribution >= 4 is 35.5 Å². The molecule has 0 aliphatic rings. The van der Waals surface area contributed by atoms with Crippen LogP contribution >= 0.6 is 23.5 Å². The fourth-order valence-electron chi connectivity index (χ4n) is 2.11. The molecule has 0 saturated carbocycles. The van der Waals surface area contributed by atoms with Crippen LogP contribution in [0.4, 0.5) is 0 Å². The molecule has 0 spiro atoms. The zero-order valence-corrected chi connectivity index (χ0v) is 16.0. The van der Waals surface area contributed by atoms with Gasteiger partial charge in [-0.15, -0.1) is 23.5 Å². The van der Waals surface area contributed by atoms with Gasteiger partial charge in [-0.25, -0.2) is 9.59 Å². The van der Waals surface area contributed by atoms with E-state index in [4.69, 9.17) is 9.47 Å². The van der Waals surface area contributed by atoms with Crippen molar-refractivity contribution in [1.82, 2.24) is 0 Å². The number of rotatable bonds is 6. The number of hydrogen-bond donors (Lipinski definition) is 0. The lowest BCUT2D eigenvalue weighted by Crippen LogP contribution is -2.08. The number of carbonyl (C=O) groups is 2. The Morgan fingerprint density at radius 2 is 1.52 bits per heavy atom. The van der Waals surface area contributed by atoms with Crippen molar-refractivity contribution < 1.29 is 23.8 Å². The molecule has 0 radical (unpaired) electrons. The van der Waals surface area contributed by atoms with Gasteiger partial charge in [0.1, 0.15) is 17.1 Å². The molecule has 25 heavy (non-hydrogen) atoms. The fourth-order valence-corrected chi connectivity index (χ4v) is 3.18. The van der Waals surface area contributed by atoms with Gasteiger partial charge < -0.3 is 14.2 Å². The summed E-state index contributed by atoms with van der Waals surface area (Å²) in [5, 5.41) is 0. The van der Waals surface area contributed by atoms with Gasteiger partial charge in [0.25, 0.3) is 0 Å². The first-order valence-electron chi connectivity index (χ1n) is 7.24. The molecule has 0 N–H and O–H groups in total. The SMILES string of the molecule is COC(=O)c1ccc(Oc2ccc(SC)cc2SC)c(C(=O)OC)c1. The zero-order chi connectivity index (χ0) is 18.4. The highest BCUT2D eigenvalue weighted by molar-refractivity contribution is 7.99. The number of methoxy groups -OCH3 is 2. The van der Waals surface area contributed by atoms with Crippen LogP contribution in [0.5, 0.6) is 11.5 Å². The van der Waals surface area contributed by atoms with E-state index in [2.05, 4.69) is 4.74 Å². The Morgan fingerprint density at radius 1 is 0.840 bits per heavy atom. The molecule has 2 rings (SSSR count). The van der Waals surface area contributed by atoms with Crippen LogP contribution < -0.4 is 4.74 Å². The highest BCUT2D eigenvalue weighted by Crippen LogP contribution is 2.36. The zero-order valence-electron chi connectivity index (χ0n) is 14.3. The predicted molar refractivity (Wildman–Crippen MR) is 99.2 cm³/mol. The molecular weight excluding hydrogens is 360 g/mol. The lowest BCUT2D eigenvalue weighted by atomic mass is 10.1. The molecule has 0 bridgehead atoms. The highest BCUT2D eigenvalue weighted by Gasteiger charge is 2.18. The van der Waals surface area contributed by atoms with E-state index in [0.717, 1.165) is 9.79 Å². The van der Waals surface area contributed by atoms with Crippen molar-refractivity contribution in [2.75, 3.05) is 26.7 Å². The number of thioether (sulfide) groups is 2. The molecule has 0 aliphatic heterocycles. The number of hydrogen-bond acceptors (Lipinski definition) is 7. The lowest BCUT2D eigenvalue weighted by Gasteiger charge is -2.14. The van der Waals surface area contributed by atoms with E-state index in [1.807, 2.05) is 30.7 Å². The first kappa shape index (κ1) is 19.2. The minimum atomic E-state index is -0.591. The largest absolute Gasteiger partial charge is 0.465 e. The summed E-state index contributed by atoms with van der Waals surface area (Å²) in [6.45, 7) is 0. The number of benzene rings is 2. The second-order valence-electron chi connectivity index (χ2n) is 4.81. The Hall–Kier alpha value is -2.12. The van der Waals surface area contributed by atoms with E-state index in [9.17, 15) is 9.59 Å². The van der Waals surface area contributed by atoms with E-state index >= 15 is 0 Å². The van der Waals surface area contributed by atoms with Crippen molar-refractivity contribution in [2.45, 2.75) is 9.79 Å². The Bertz CT molecular complexity index is 789. The topological polar surface area (TPSA) is 61.8 Å². The second kappa shape index (κ2) is 8.82. The summed E-state index contributed by atoms with van der Waals surface area (Å²) >= 11 is 3.19. The summed E-state index contributed by atoms with van der Waals surface area (Å²) in [7, 11) is 2.56. The lowest BCUT2D eigenvalue weighted by molar-refractivity contribution is 0.0597. The highest BCUT2D eigenvalue weighted by atomic mass is 32.2. The molecule has 5 nitrogen and oxygen atoms in total. The minimum absolute atomic E-state index is 0.159. The average Bonchev–Trinajstić information content (AvgIpc) is 2.67. The third-order valence-electron chi connectivity index (χ3n) is 3.40. The molecule has 0 aliphatic carbocycles. The fraction of sp³-hybridized carbons (Fsp3) is 0.222. The molecule has 0 fully saturated rings. The van der Waals surface area contributed by atoms with Crippen LogP contribution in [-0.4, -0.2) is 38.7 Å². The van der Waals surface area contributed by atoms with E-state index in [1.54, 1.807) is 35.7 Å². The molecule has 0 aromatic heterocycles. The Morgan fingerprint density at radius 3 is 2.12 bits per heavy atom. The third kappa shape index (κ3) is 4.49. The molecule has 7 heteroatoms. The van der Waals surface area contributed by atoms with Gasteiger partial charge in [0.15, 0.2) is 0 Å². The molecular formula is C18H18O5S2. The van der Waals surface area contributed by atoms with Gasteiger partial charge >= 0.3 is 11.9 Å². The van der Waals surface area contributed by atoms with Crippen molar-refractivity contribution in [2.24, 2.45) is 0 Å². The normalized spacial score (nSPS) is 10.2. The maximum Gasteiger partial charge on any atom is 0.341 e. The van der Waals surface area contributed by atoms with E-state index in [1.165, 1.54) is 20.3 Å². The summed E-state index contributed by atoms with van der Waals surface area (Å²) in [6.07, 6.45) is 3.95. The summed E-state index contributed by atoms with van der Waals surface area (Å²) < 4.78 is 15.4. The summed E-state index contributed by atoms with van der Waals surface area (Å²) in [5.41, 5.74) is 0.407. The Kier molecular flexibility index (Phi) is 6.78. The van der Waals surface area contributed by atoms with Crippen molar-refractivity contribution in [3.8, 4) is 11.5 Å². The van der Waals surface area contributed by atoms with Crippen molar-refractivity contribution in [3.05, 3.63) is 47.5 Å². The van der Waals surface area contributed by atoms with Crippen LogP contribution in [0.2, 0.25) is 0 Å². The maximum atomic E-state index is 12.1. The van der Waals surface area contributed by atoms with E-state index in [-0.39, 0.29) is 11.1 Å². The molecule has 0 unspecified atom stereocenters. The van der Waals surface area contributed by atoms with Crippen LogP contribution in [0, 0.1) is 0 Å². The van der Waals surface area contributed by atoms with Gasteiger partial charge in [0.2, 0.25) is 0 Å². The van der Waals surface area contributed by atoms with Gasteiger partial charge in [-0.05, 0) is 48.9 Å². The van der Waals surface area contributed by atoms with E-state index < -0.39 is 11.9 Å². The van der Waals surface area contributed by atoms with Crippen LogP contribution in [0.15, 0.2) is 46.2 Å². The molecule has 2 aromatic rings. The first-order chi connectivity index (χ1) is 12.0. The Labute approximate surface area is 155 Å². The molecule has 0 saturated heterocycles. The monoisotopic (exact) mass is 378 g/mol. The Balaban J connectivity index is 2.45. The van der Waals surface area contributed by atoms with Gasteiger partial charge in [0, 0.05) is 4.90 Å². The number of ether oxygens (including phenoxy) is 3. The first-order valence-corrected chi connectivity index (χ1v) is 9.69. The molecule has 132 valence electrons. The molecule has 2 aromatic carbocycles. The van der Waals surface area contributed by atoms with Crippen LogP contribution in [0.1, 0.15) is 20.7 Å². The predicted octanol–water partition coefficient (Wildman–Crippen LogP) is 4.50. The van der Waals surface area contributed by atoms with Gasteiger partial charge in [-0.1, -0.05) is 0 Å². The van der Waals surface area contributed by atoms with Gasteiger partial charge in [-0.3, -0.25) is 0 Å². The van der Waals surface area contributed by atoms with Gasteiger partial charge in [-0.2, -0.15) is 0 Å². The number of carbonyl (C=O) groups excluding carboxylic acids is 2. The average molecular weight is 378 g/mol. The van der Waals surface area contributed by atoms with E-state index in [0.29, 0.717) is 11.5 Å². The second-order valence-corrected chi connectivity index (χ2v) is 6.54. The molecule has 0 heterocycles. The van der Waals surface area contributed by atoms with Gasteiger partial charge in [0.05, 0.1) is 24.7 Å². The van der Waals surface area contributed by atoms with Crippen LogP contribution in [0.3, 0.4) is 0 Å². The minimum Gasteiger partial charge on any atom is -0.465 e. The molecule has 0 atom stereocenters. The summed E-state index contributed by atoms with van der Waals surface area (Å²) in [6, 6.07) is 10.3. The molecule has 0 amide bonds. The van der Waals surface area contributed by atoms with Crippen molar-refractivity contribution in [1.29, 1.82) is 0 Å². The maximum absolute atomic E-state index is 12.1. The summed E-state index contributed by atoms with van der Waals surface area (Å²) in [5.74, 6) is -0.189. The summed E-state index contributed by atoms with van der Waals surface area (Å²) in [4.78, 5) is 25.8. The number of esters is 2. The quantitative estimate of drug-likeness (QED) is 0.542. The standard InChI is InChI=1S/C18H18O5S2/c1-21-17(19)11-5-7-14(13(9-11)18(20)22-2)23-15-8-6-12(24-3)10-16(15)25-4/h5-10H,1-4H3. The van der Waals surface area contributed by atoms with Crippen LogP contribution in [-0.2, 0) is 9.47 Å². The third-order valence-corrected chi connectivity index (χ3v) is 4.88. The smallest absolute Gasteiger partial charge is 0.341 e. The van der Waals surface area contributed by atoms with Crippen LogP contribution in [0.25, 0.3) is 0 Å².